The number of aromatic nitrogens is 1. The van der Waals surface area contributed by atoms with Crippen LogP contribution in [0.25, 0.3) is 10.2 Å². The van der Waals surface area contributed by atoms with Crippen molar-refractivity contribution < 1.29 is 9.53 Å². The Morgan fingerprint density at radius 3 is 2.84 bits per heavy atom. The summed E-state index contributed by atoms with van der Waals surface area (Å²) in [6.45, 7) is 3.70. The second-order valence-corrected chi connectivity index (χ2v) is 7.49. The molecule has 1 heterocycles. The number of hydrogen-bond donors (Lipinski definition) is 0. The summed E-state index contributed by atoms with van der Waals surface area (Å²) in [4.78, 5) is 17.6. The van der Waals surface area contributed by atoms with Gasteiger partial charge in [-0.2, -0.15) is 4.99 Å². The van der Waals surface area contributed by atoms with Gasteiger partial charge in [-0.1, -0.05) is 41.1 Å². The van der Waals surface area contributed by atoms with Crippen molar-refractivity contribution in [1.82, 2.24) is 4.57 Å². The van der Waals surface area contributed by atoms with E-state index in [4.69, 9.17) is 16.3 Å². The Balaban J connectivity index is 2.11. The third-order valence-electron chi connectivity index (χ3n) is 3.62. The molecule has 25 heavy (non-hydrogen) atoms. The minimum atomic E-state index is -0.291. The van der Waals surface area contributed by atoms with E-state index in [0.29, 0.717) is 35.1 Å². The molecular formula is C18H16BrClN2O2S. The Morgan fingerprint density at radius 1 is 1.28 bits per heavy atom. The highest BCUT2D eigenvalue weighted by Crippen LogP contribution is 2.25. The quantitative estimate of drug-likeness (QED) is 0.531. The third kappa shape index (κ3) is 4.03. The van der Waals surface area contributed by atoms with Gasteiger partial charge in [-0.25, -0.2) is 0 Å². The molecule has 0 radical (unpaired) electrons. The minimum absolute atomic E-state index is 0.291. The summed E-state index contributed by atoms with van der Waals surface area (Å²) in [5.41, 5.74) is 1.41. The number of fused-ring (bicyclic) bond motifs is 1. The van der Waals surface area contributed by atoms with Gasteiger partial charge >= 0.3 is 0 Å². The molecule has 7 heteroatoms. The molecule has 0 aliphatic carbocycles. The first-order valence-electron chi connectivity index (χ1n) is 7.81. The van der Waals surface area contributed by atoms with Crippen molar-refractivity contribution in [1.29, 1.82) is 0 Å². The van der Waals surface area contributed by atoms with Crippen molar-refractivity contribution in [2.75, 3.05) is 13.2 Å². The minimum Gasteiger partial charge on any atom is -0.380 e. The summed E-state index contributed by atoms with van der Waals surface area (Å²) >= 11 is 11.2. The van der Waals surface area contributed by atoms with Crippen LogP contribution in [-0.4, -0.2) is 23.7 Å². The lowest BCUT2D eigenvalue weighted by Crippen LogP contribution is -2.20. The van der Waals surface area contributed by atoms with Crippen molar-refractivity contribution in [3.05, 3.63) is 62.3 Å². The van der Waals surface area contributed by atoms with Gasteiger partial charge in [0.15, 0.2) is 4.80 Å². The summed E-state index contributed by atoms with van der Waals surface area (Å²) in [6, 6.07) is 13.0. The SMILES string of the molecule is CCOCCn1c(=NC(=O)c2ccccc2Br)sc2cccc(Cl)c21. The first-order valence-corrected chi connectivity index (χ1v) is 9.79. The maximum atomic E-state index is 12.6. The Hall–Kier alpha value is -1.47. The topological polar surface area (TPSA) is 43.6 Å². The predicted octanol–water partition coefficient (Wildman–Crippen LogP) is 4.90. The molecule has 2 aromatic carbocycles. The molecule has 1 amide bonds. The molecule has 3 aromatic rings. The Kier molecular flexibility index (Phi) is 6.06. The highest BCUT2D eigenvalue weighted by molar-refractivity contribution is 9.10. The van der Waals surface area contributed by atoms with Gasteiger partial charge < -0.3 is 9.30 Å². The summed E-state index contributed by atoms with van der Waals surface area (Å²) in [6.07, 6.45) is 0. The maximum absolute atomic E-state index is 12.6. The molecule has 0 saturated carbocycles. The molecular weight excluding hydrogens is 424 g/mol. The Labute approximate surface area is 162 Å². The van der Waals surface area contributed by atoms with E-state index in [2.05, 4.69) is 20.9 Å². The second-order valence-electron chi connectivity index (χ2n) is 5.22. The zero-order chi connectivity index (χ0) is 17.8. The van der Waals surface area contributed by atoms with Crippen molar-refractivity contribution in [3.63, 3.8) is 0 Å². The number of carbonyl (C=O) groups excluding carboxylic acids is 1. The number of rotatable bonds is 5. The van der Waals surface area contributed by atoms with Crippen LogP contribution < -0.4 is 4.80 Å². The number of benzene rings is 2. The van der Waals surface area contributed by atoms with Crippen molar-refractivity contribution in [2.24, 2.45) is 4.99 Å². The fourth-order valence-corrected chi connectivity index (χ4v) is 4.33. The lowest BCUT2D eigenvalue weighted by Gasteiger charge is -2.06. The van der Waals surface area contributed by atoms with E-state index in [1.807, 2.05) is 47.9 Å². The molecule has 0 spiro atoms. The summed E-state index contributed by atoms with van der Waals surface area (Å²) in [5.74, 6) is -0.291. The molecule has 130 valence electrons. The van der Waals surface area contributed by atoms with Crippen molar-refractivity contribution >= 4 is 55.0 Å². The fraction of sp³-hybridized carbons (Fsp3) is 0.222. The molecule has 1 aromatic heterocycles. The second kappa shape index (κ2) is 8.27. The number of ether oxygens (including phenoxy) is 1. The van der Waals surface area contributed by atoms with Crippen LogP contribution >= 0.6 is 38.9 Å². The number of thiazole rings is 1. The molecule has 0 fully saturated rings. The fourth-order valence-electron chi connectivity index (χ4n) is 2.46. The van der Waals surface area contributed by atoms with Crippen molar-refractivity contribution in [3.8, 4) is 0 Å². The van der Waals surface area contributed by atoms with E-state index >= 15 is 0 Å². The third-order valence-corrected chi connectivity index (χ3v) is 5.66. The monoisotopic (exact) mass is 438 g/mol. The van der Waals surface area contributed by atoms with Gasteiger partial charge in [-0.15, -0.1) is 0 Å². The standard InChI is InChI=1S/C18H16BrClN2O2S/c1-2-24-11-10-22-16-14(20)8-5-9-15(16)25-18(22)21-17(23)12-6-3-4-7-13(12)19/h3-9H,2,10-11H2,1H3. The summed E-state index contributed by atoms with van der Waals surface area (Å²) < 4.78 is 9.13. The van der Waals surface area contributed by atoms with E-state index in [-0.39, 0.29) is 5.91 Å². The van der Waals surface area contributed by atoms with Crippen LogP contribution in [0.2, 0.25) is 5.02 Å². The number of para-hydroxylation sites is 1. The first kappa shape index (κ1) is 18.3. The molecule has 3 rings (SSSR count). The molecule has 4 nitrogen and oxygen atoms in total. The van der Waals surface area contributed by atoms with Crippen LogP contribution in [0.5, 0.6) is 0 Å². The molecule has 0 bridgehead atoms. The number of hydrogen-bond acceptors (Lipinski definition) is 3. The van der Waals surface area contributed by atoms with E-state index in [1.54, 1.807) is 6.07 Å². The van der Waals surface area contributed by atoms with E-state index in [9.17, 15) is 4.79 Å². The van der Waals surface area contributed by atoms with E-state index in [0.717, 1.165) is 14.7 Å². The molecule has 0 aliphatic rings. The highest BCUT2D eigenvalue weighted by Gasteiger charge is 2.13. The number of amides is 1. The zero-order valence-corrected chi connectivity index (χ0v) is 16.7. The van der Waals surface area contributed by atoms with Gasteiger partial charge in [0.25, 0.3) is 5.91 Å². The van der Waals surface area contributed by atoms with Gasteiger partial charge in [0.1, 0.15) is 0 Å². The smallest absolute Gasteiger partial charge is 0.280 e. The largest absolute Gasteiger partial charge is 0.380 e. The van der Waals surface area contributed by atoms with Gasteiger partial charge in [0, 0.05) is 17.6 Å². The van der Waals surface area contributed by atoms with Gasteiger partial charge in [-0.3, -0.25) is 4.79 Å². The molecule has 0 atom stereocenters. The van der Waals surface area contributed by atoms with Crippen LogP contribution in [0.15, 0.2) is 51.9 Å². The predicted molar refractivity (Wildman–Crippen MR) is 105 cm³/mol. The van der Waals surface area contributed by atoms with E-state index < -0.39 is 0 Å². The van der Waals surface area contributed by atoms with Gasteiger partial charge in [0.05, 0.1) is 27.4 Å². The lowest BCUT2D eigenvalue weighted by atomic mass is 10.2. The van der Waals surface area contributed by atoms with Crippen LogP contribution in [-0.2, 0) is 11.3 Å². The molecule has 0 N–H and O–H groups in total. The zero-order valence-electron chi connectivity index (χ0n) is 13.5. The highest BCUT2D eigenvalue weighted by atomic mass is 79.9. The van der Waals surface area contributed by atoms with Gasteiger partial charge in [0.2, 0.25) is 0 Å². The number of nitrogens with zero attached hydrogens (tertiary/aromatic N) is 2. The number of carbonyl (C=O) groups is 1. The molecule has 0 saturated heterocycles. The van der Waals surface area contributed by atoms with Crippen LogP contribution in [0.3, 0.4) is 0 Å². The maximum Gasteiger partial charge on any atom is 0.280 e. The van der Waals surface area contributed by atoms with Gasteiger partial charge in [-0.05, 0) is 47.1 Å². The Bertz CT molecular complexity index is 981. The normalized spacial score (nSPS) is 12.0. The average molecular weight is 440 g/mol. The lowest BCUT2D eigenvalue weighted by molar-refractivity contribution is 0.0996. The molecule has 0 unspecified atom stereocenters. The average Bonchev–Trinajstić information content (AvgIpc) is 2.94. The van der Waals surface area contributed by atoms with Crippen LogP contribution in [0.4, 0.5) is 0 Å². The summed E-state index contributed by atoms with van der Waals surface area (Å²) in [5, 5.41) is 0.639. The van der Waals surface area contributed by atoms with Crippen LogP contribution in [0, 0.1) is 0 Å². The first-order chi connectivity index (χ1) is 12.1. The van der Waals surface area contributed by atoms with E-state index in [1.165, 1.54) is 11.3 Å². The summed E-state index contributed by atoms with van der Waals surface area (Å²) in [7, 11) is 0. The van der Waals surface area contributed by atoms with Crippen molar-refractivity contribution in [2.45, 2.75) is 13.5 Å². The Morgan fingerprint density at radius 2 is 2.08 bits per heavy atom. The molecule has 0 aliphatic heterocycles. The van der Waals surface area contributed by atoms with Crippen LogP contribution in [0.1, 0.15) is 17.3 Å². The number of halogens is 2.